The average molecular weight is 290 g/mol. The molecule has 0 amide bonds. The van der Waals surface area contributed by atoms with E-state index < -0.39 is 0 Å². The van der Waals surface area contributed by atoms with Crippen LogP contribution < -0.4 is 11.3 Å². The molecule has 0 spiro atoms. The predicted molar refractivity (Wildman–Crippen MR) is 85.9 cm³/mol. The summed E-state index contributed by atoms with van der Waals surface area (Å²) in [4.78, 5) is 6.81. The van der Waals surface area contributed by atoms with Gasteiger partial charge in [0.1, 0.15) is 0 Å². The molecule has 1 aliphatic rings. The number of nitrogens with one attached hydrogen (secondary N) is 1. The second kappa shape index (κ2) is 8.64. The van der Waals surface area contributed by atoms with Gasteiger partial charge in [0.2, 0.25) is 5.96 Å². The average Bonchev–Trinajstić information content (AvgIpc) is 2.73. The van der Waals surface area contributed by atoms with Gasteiger partial charge in [0.25, 0.3) is 0 Å². The lowest BCUT2D eigenvalue weighted by Gasteiger charge is -2.24. The van der Waals surface area contributed by atoms with Gasteiger partial charge in [-0.05, 0) is 37.3 Å². The van der Waals surface area contributed by atoms with E-state index in [4.69, 9.17) is 10.6 Å². The number of nitrogens with two attached hydrogens (primary N) is 1. The minimum Gasteiger partial charge on any atom is -0.382 e. The second-order valence-electron chi connectivity index (χ2n) is 5.19. The molecule has 0 bridgehead atoms. The van der Waals surface area contributed by atoms with Crippen LogP contribution in [0.2, 0.25) is 0 Å². The van der Waals surface area contributed by atoms with Gasteiger partial charge in [0, 0.05) is 32.8 Å². The van der Waals surface area contributed by atoms with Gasteiger partial charge in [-0.3, -0.25) is 10.4 Å². The van der Waals surface area contributed by atoms with E-state index in [0.717, 1.165) is 58.1 Å². The minimum absolute atomic E-state index is 0.734. The van der Waals surface area contributed by atoms with Crippen LogP contribution >= 0.6 is 0 Å². The van der Waals surface area contributed by atoms with Crippen molar-refractivity contribution in [3.05, 3.63) is 35.4 Å². The highest BCUT2D eigenvalue weighted by atomic mass is 16.5. The van der Waals surface area contributed by atoms with Crippen molar-refractivity contribution in [1.82, 2.24) is 10.3 Å². The molecule has 2 rings (SSSR count). The first-order valence-corrected chi connectivity index (χ1v) is 7.75. The number of aryl methyl sites for hydroxylation is 1. The monoisotopic (exact) mass is 290 g/mol. The molecule has 21 heavy (non-hydrogen) atoms. The van der Waals surface area contributed by atoms with Crippen molar-refractivity contribution in [3.63, 3.8) is 0 Å². The van der Waals surface area contributed by atoms with Crippen LogP contribution in [0.4, 0.5) is 0 Å². The molecule has 1 aromatic carbocycles. The van der Waals surface area contributed by atoms with E-state index in [9.17, 15) is 0 Å². The summed E-state index contributed by atoms with van der Waals surface area (Å²) in [5, 5.41) is 0. The van der Waals surface area contributed by atoms with Crippen molar-refractivity contribution in [3.8, 4) is 0 Å². The van der Waals surface area contributed by atoms with Crippen LogP contribution in [0.5, 0.6) is 0 Å². The van der Waals surface area contributed by atoms with Gasteiger partial charge in [0.05, 0.1) is 0 Å². The summed E-state index contributed by atoms with van der Waals surface area (Å²) in [6.45, 7) is 6.09. The third-order valence-electron chi connectivity index (χ3n) is 3.69. The van der Waals surface area contributed by atoms with Crippen molar-refractivity contribution >= 4 is 5.96 Å². The molecule has 3 N–H and O–H groups in total. The van der Waals surface area contributed by atoms with Gasteiger partial charge < -0.3 is 9.64 Å². The first kappa shape index (κ1) is 15.8. The molecule has 0 saturated heterocycles. The Morgan fingerprint density at radius 3 is 2.95 bits per heavy atom. The third-order valence-corrected chi connectivity index (χ3v) is 3.69. The summed E-state index contributed by atoms with van der Waals surface area (Å²) < 4.78 is 5.33. The summed E-state index contributed by atoms with van der Waals surface area (Å²) in [7, 11) is 0. The number of fused-ring (bicyclic) bond motifs is 1. The molecular weight excluding hydrogens is 264 g/mol. The molecule has 0 saturated carbocycles. The number of aliphatic imine (C=N–C) groups is 1. The molecular formula is C16H26N4O. The number of nitrogens with zero attached hydrogens (tertiary/aromatic N) is 2. The SMILES string of the molecule is CCOCCCN=C(NN)N1CCCc2ccccc2C1. The van der Waals surface area contributed by atoms with Crippen molar-refractivity contribution in [2.24, 2.45) is 10.8 Å². The molecule has 1 aromatic rings. The van der Waals surface area contributed by atoms with Crippen molar-refractivity contribution in [2.75, 3.05) is 26.3 Å². The zero-order valence-electron chi connectivity index (χ0n) is 12.8. The van der Waals surface area contributed by atoms with Crippen LogP contribution in [0.15, 0.2) is 29.3 Å². The summed E-state index contributed by atoms with van der Waals surface area (Å²) >= 11 is 0. The quantitative estimate of drug-likeness (QED) is 0.285. The van der Waals surface area contributed by atoms with E-state index >= 15 is 0 Å². The first-order chi connectivity index (χ1) is 10.3. The number of hydrazine groups is 1. The Hall–Kier alpha value is -1.59. The van der Waals surface area contributed by atoms with E-state index in [0.29, 0.717) is 0 Å². The summed E-state index contributed by atoms with van der Waals surface area (Å²) in [6.07, 6.45) is 3.16. The number of hydrogen-bond acceptors (Lipinski definition) is 3. The van der Waals surface area contributed by atoms with Crippen molar-refractivity contribution < 1.29 is 4.74 Å². The molecule has 0 radical (unpaired) electrons. The normalized spacial score (nSPS) is 15.5. The number of hydrogen-bond donors (Lipinski definition) is 2. The van der Waals surface area contributed by atoms with E-state index in [1.807, 2.05) is 6.92 Å². The van der Waals surface area contributed by atoms with Crippen molar-refractivity contribution in [1.29, 1.82) is 0 Å². The van der Waals surface area contributed by atoms with Crippen LogP contribution in [-0.2, 0) is 17.7 Å². The van der Waals surface area contributed by atoms with Gasteiger partial charge in [-0.15, -0.1) is 0 Å². The highest BCUT2D eigenvalue weighted by Crippen LogP contribution is 2.18. The number of guanidine groups is 1. The Morgan fingerprint density at radius 1 is 1.38 bits per heavy atom. The number of ether oxygens (including phenoxy) is 1. The molecule has 5 heteroatoms. The van der Waals surface area contributed by atoms with E-state index in [1.54, 1.807) is 0 Å². The molecule has 0 atom stereocenters. The van der Waals surface area contributed by atoms with Crippen LogP contribution in [0, 0.1) is 0 Å². The van der Waals surface area contributed by atoms with Crippen LogP contribution in [-0.4, -0.2) is 37.2 Å². The van der Waals surface area contributed by atoms with E-state index in [2.05, 4.69) is 39.6 Å². The minimum atomic E-state index is 0.734. The Balaban J connectivity index is 1.96. The molecule has 1 aliphatic heterocycles. The second-order valence-corrected chi connectivity index (χ2v) is 5.19. The topological polar surface area (TPSA) is 62.9 Å². The Kier molecular flexibility index (Phi) is 6.50. The molecule has 0 fully saturated rings. The fourth-order valence-electron chi connectivity index (χ4n) is 2.61. The largest absolute Gasteiger partial charge is 0.382 e. The van der Waals surface area contributed by atoms with Crippen LogP contribution in [0.25, 0.3) is 0 Å². The predicted octanol–water partition coefficient (Wildman–Crippen LogP) is 1.68. The Morgan fingerprint density at radius 2 is 2.19 bits per heavy atom. The maximum absolute atomic E-state index is 5.66. The maximum Gasteiger partial charge on any atom is 0.208 e. The molecule has 116 valence electrons. The maximum atomic E-state index is 5.66. The van der Waals surface area contributed by atoms with Crippen LogP contribution in [0.1, 0.15) is 30.9 Å². The molecule has 0 unspecified atom stereocenters. The lowest BCUT2D eigenvalue weighted by Crippen LogP contribution is -2.44. The number of benzene rings is 1. The van der Waals surface area contributed by atoms with Crippen molar-refractivity contribution in [2.45, 2.75) is 32.7 Å². The smallest absolute Gasteiger partial charge is 0.208 e. The Bertz CT molecular complexity index is 461. The molecule has 5 nitrogen and oxygen atoms in total. The van der Waals surface area contributed by atoms with Gasteiger partial charge in [0.15, 0.2) is 0 Å². The fourth-order valence-corrected chi connectivity index (χ4v) is 2.61. The van der Waals surface area contributed by atoms with E-state index in [1.165, 1.54) is 11.1 Å². The zero-order valence-corrected chi connectivity index (χ0v) is 12.8. The van der Waals surface area contributed by atoms with Gasteiger partial charge in [-0.2, -0.15) is 0 Å². The standard InChI is InChI=1S/C16H26N4O/c1-2-21-12-6-10-18-16(19-17)20-11-5-9-14-7-3-4-8-15(14)13-20/h3-4,7-8H,2,5-6,9-13,17H2,1H3,(H,18,19). The molecule has 0 aromatic heterocycles. The van der Waals surface area contributed by atoms with Gasteiger partial charge in [-0.1, -0.05) is 24.3 Å². The highest BCUT2D eigenvalue weighted by molar-refractivity contribution is 5.79. The van der Waals surface area contributed by atoms with E-state index in [-0.39, 0.29) is 0 Å². The first-order valence-electron chi connectivity index (χ1n) is 7.75. The Labute approximate surface area is 127 Å². The number of rotatable bonds is 5. The lowest BCUT2D eigenvalue weighted by molar-refractivity contribution is 0.146. The zero-order chi connectivity index (χ0) is 14.9. The molecule has 0 aliphatic carbocycles. The summed E-state index contributed by atoms with van der Waals surface area (Å²) in [5.74, 6) is 6.44. The summed E-state index contributed by atoms with van der Waals surface area (Å²) in [5.41, 5.74) is 5.56. The fraction of sp³-hybridized carbons (Fsp3) is 0.562. The highest BCUT2D eigenvalue weighted by Gasteiger charge is 2.16. The van der Waals surface area contributed by atoms with Gasteiger partial charge in [-0.25, -0.2) is 5.84 Å². The lowest BCUT2D eigenvalue weighted by atomic mass is 10.0. The van der Waals surface area contributed by atoms with Gasteiger partial charge >= 0.3 is 0 Å². The van der Waals surface area contributed by atoms with Crippen LogP contribution in [0.3, 0.4) is 0 Å². The molecule has 1 heterocycles. The third kappa shape index (κ3) is 4.72. The summed E-state index contributed by atoms with van der Waals surface area (Å²) in [6, 6.07) is 8.61.